The second-order valence-corrected chi connectivity index (χ2v) is 4.13. The number of aliphatic hydroxyl groups is 1. The fraction of sp³-hybridized carbons (Fsp3) is 0.0833. The first-order valence-electron chi connectivity index (χ1n) is 5.07. The van der Waals surface area contributed by atoms with Crippen LogP contribution < -0.4 is 5.32 Å². The zero-order valence-corrected chi connectivity index (χ0v) is 10.1. The topological polar surface area (TPSA) is 75.1 Å². The Morgan fingerprint density at radius 2 is 2.44 bits per heavy atom. The molecule has 0 unspecified atom stereocenters. The Labute approximate surface area is 108 Å². The Kier molecular flexibility index (Phi) is 4.02. The third kappa shape index (κ3) is 3.13. The van der Waals surface area contributed by atoms with Crippen molar-refractivity contribution >= 4 is 23.1 Å². The van der Waals surface area contributed by atoms with E-state index >= 15 is 0 Å². The number of anilines is 1. The third-order valence-electron chi connectivity index (χ3n) is 1.97. The highest BCUT2D eigenvalue weighted by Crippen LogP contribution is 2.14. The van der Waals surface area contributed by atoms with E-state index in [1.54, 1.807) is 23.6 Å². The standard InChI is InChI=1S/C12H9N3O2S/c16-6-2-3-10-7-9(8-18-10)12(17)14-11-4-1-5-13-15-11/h1,4-5,7-8,16H,6H2,(H,14,15,17). The molecule has 1 amide bonds. The number of amides is 1. The molecule has 0 aromatic carbocycles. The predicted molar refractivity (Wildman–Crippen MR) is 68.3 cm³/mol. The molecule has 2 aromatic rings. The van der Waals surface area contributed by atoms with Crippen molar-refractivity contribution in [3.8, 4) is 11.8 Å². The summed E-state index contributed by atoms with van der Waals surface area (Å²) in [6.45, 7) is -0.195. The molecule has 0 atom stereocenters. The number of carbonyl (C=O) groups excluding carboxylic acids is 1. The monoisotopic (exact) mass is 259 g/mol. The van der Waals surface area contributed by atoms with Gasteiger partial charge in [-0.05, 0) is 18.2 Å². The first-order valence-corrected chi connectivity index (χ1v) is 5.95. The average molecular weight is 259 g/mol. The molecule has 0 saturated carbocycles. The second kappa shape index (κ2) is 5.91. The van der Waals surface area contributed by atoms with Crippen LogP contribution in [-0.2, 0) is 0 Å². The highest BCUT2D eigenvalue weighted by Gasteiger charge is 2.08. The zero-order valence-electron chi connectivity index (χ0n) is 9.25. The SMILES string of the molecule is O=C(Nc1cccnn1)c1csc(C#CCO)c1. The quantitative estimate of drug-likeness (QED) is 0.793. The number of nitrogens with zero attached hydrogens (tertiary/aromatic N) is 2. The maximum Gasteiger partial charge on any atom is 0.257 e. The van der Waals surface area contributed by atoms with Gasteiger partial charge in [0.25, 0.3) is 5.91 Å². The van der Waals surface area contributed by atoms with Crippen molar-refractivity contribution in [3.63, 3.8) is 0 Å². The summed E-state index contributed by atoms with van der Waals surface area (Å²) in [6.07, 6.45) is 1.53. The summed E-state index contributed by atoms with van der Waals surface area (Å²) in [4.78, 5) is 12.6. The van der Waals surface area contributed by atoms with Crippen molar-refractivity contribution < 1.29 is 9.90 Å². The maximum atomic E-state index is 11.8. The molecule has 0 spiro atoms. The van der Waals surface area contributed by atoms with Crippen LogP contribution in [0.15, 0.2) is 29.8 Å². The predicted octanol–water partition coefficient (Wildman–Crippen LogP) is 1.13. The van der Waals surface area contributed by atoms with E-state index in [2.05, 4.69) is 27.4 Å². The van der Waals surface area contributed by atoms with Crippen LogP contribution in [0.3, 0.4) is 0 Å². The minimum atomic E-state index is -0.260. The van der Waals surface area contributed by atoms with Crippen molar-refractivity contribution in [1.29, 1.82) is 0 Å². The first-order chi connectivity index (χ1) is 8.79. The molecule has 0 bridgehead atoms. The minimum absolute atomic E-state index is 0.195. The molecule has 0 fully saturated rings. The Morgan fingerprint density at radius 3 is 3.17 bits per heavy atom. The summed E-state index contributed by atoms with van der Waals surface area (Å²) in [5.74, 6) is 5.41. The smallest absolute Gasteiger partial charge is 0.257 e. The number of hydrogen-bond acceptors (Lipinski definition) is 5. The lowest BCUT2D eigenvalue weighted by atomic mass is 10.3. The number of rotatable bonds is 2. The summed E-state index contributed by atoms with van der Waals surface area (Å²) in [5, 5.41) is 20.3. The van der Waals surface area contributed by atoms with E-state index in [9.17, 15) is 4.79 Å². The van der Waals surface area contributed by atoms with Gasteiger partial charge in [0, 0.05) is 11.6 Å². The fourth-order valence-electron chi connectivity index (χ4n) is 1.20. The maximum absolute atomic E-state index is 11.8. The van der Waals surface area contributed by atoms with Crippen molar-refractivity contribution in [2.75, 3.05) is 11.9 Å². The van der Waals surface area contributed by atoms with Crippen molar-refractivity contribution in [3.05, 3.63) is 40.2 Å². The molecular weight excluding hydrogens is 250 g/mol. The number of aliphatic hydroxyl groups excluding tert-OH is 1. The summed E-state index contributed by atoms with van der Waals surface area (Å²) in [7, 11) is 0. The molecule has 0 saturated heterocycles. The third-order valence-corrected chi connectivity index (χ3v) is 2.81. The van der Waals surface area contributed by atoms with Crippen molar-refractivity contribution in [2.45, 2.75) is 0 Å². The van der Waals surface area contributed by atoms with E-state index in [1.165, 1.54) is 17.5 Å². The van der Waals surface area contributed by atoms with Gasteiger partial charge in [-0.2, -0.15) is 5.10 Å². The molecule has 0 aliphatic rings. The van der Waals surface area contributed by atoms with E-state index in [0.29, 0.717) is 11.4 Å². The van der Waals surface area contributed by atoms with Gasteiger partial charge in [0.05, 0.1) is 10.4 Å². The van der Waals surface area contributed by atoms with E-state index in [1.807, 2.05) is 0 Å². The van der Waals surface area contributed by atoms with Crippen molar-refractivity contribution in [2.24, 2.45) is 0 Å². The number of thiophene rings is 1. The summed E-state index contributed by atoms with van der Waals surface area (Å²) < 4.78 is 0. The van der Waals surface area contributed by atoms with Gasteiger partial charge in [-0.1, -0.05) is 11.8 Å². The second-order valence-electron chi connectivity index (χ2n) is 3.22. The van der Waals surface area contributed by atoms with Crippen LogP contribution in [0.4, 0.5) is 5.82 Å². The van der Waals surface area contributed by atoms with Gasteiger partial charge < -0.3 is 10.4 Å². The molecular formula is C12H9N3O2S. The van der Waals surface area contributed by atoms with Crippen LogP contribution in [0.5, 0.6) is 0 Å². The zero-order chi connectivity index (χ0) is 12.8. The molecule has 0 aliphatic heterocycles. The molecule has 90 valence electrons. The molecule has 5 nitrogen and oxygen atoms in total. The Bertz CT molecular complexity index is 599. The van der Waals surface area contributed by atoms with Crippen LogP contribution in [0.25, 0.3) is 0 Å². The Balaban J connectivity index is 2.08. The van der Waals surface area contributed by atoms with Gasteiger partial charge in [-0.15, -0.1) is 16.4 Å². The van der Waals surface area contributed by atoms with E-state index in [0.717, 1.165) is 4.88 Å². The molecule has 2 aromatic heterocycles. The fourth-order valence-corrected chi connectivity index (χ4v) is 1.96. The summed E-state index contributed by atoms with van der Waals surface area (Å²) in [6, 6.07) is 5.01. The highest BCUT2D eigenvalue weighted by molar-refractivity contribution is 7.10. The van der Waals surface area contributed by atoms with Crippen LogP contribution in [0.2, 0.25) is 0 Å². The molecule has 2 N–H and O–H groups in total. The molecule has 2 rings (SSSR count). The highest BCUT2D eigenvalue weighted by atomic mass is 32.1. The van der Waals surface area contributed by atoms with Gasteiger partial charge in [-0.3, -0.25) is 4.79 Å². The minimum Gasteiger partial charge on any atom is -0.384 e. The number of carbonyl (C=O) groups is 1. The van der Waals surface area contributed by atoms with Gasteiger partial charge >= 0.3 is 0 Å². The number of aromatic nitrogens is 2. The molecule has 2 heterocycles. The molecule has 6 heteroatoms. The van der Waals surface area contributed by atoms with Crippen LogP contribution in [-0.4, -0.2) is 27.8 Å². The van der Waals surface area contributed by atoms with Gasteiger partial charge in [0.15, 0.2) is 5.82 Å². The molecule has 18 heavy (non-hydrogen) atoms. The normalized spacial score (nSPS) is 9.39. The van der Waals surface area contributed by atoms with Gasteiger partial charge in [0.2, 0.25) is 0 Å². The Hall–Kier alpha value is -2.23. The van der Waals surface area contributed by atoms with E-state index in [-0.39, 0.29) is 12.5 Å². The summed E-state index contributed by atoms with van der Waals surface area (Å²) >= 11 is 1.35. The van der Waals surface area contributed by atoms with Gasteiger partial charge in [0.1, 0.15) is 6.61 Å². The summed E-state index contributed by atoms with van der Waals surface area (Å²) in [5.41, 5.74) is 0.507. The van der Waals surface area contributed by atoms with Crippen LogP contribution in [0, 0.1) is 11.8 Å². The number of nitrogens with one attached hydrogen (secondary N) is 1. The lowest BCUT2D eigenvalue weighted by molar-refractivity contribution is 0.102. The molecule has 0 radical (unpaired) electrons. The van der Waals surface area contributed by atoms with E-state index < -0.39 is 0 Å². The lowest BCUT2D eigenvalue weighted by Crippen LogP contribution is -2.12. The number of hydrogen-bond donors (Lipinski definition) is 2. The van der Waals surface area contributed by atoms with Crippen molar-refractivity contribution in [1.82, 2.24) is 10.2 Å². The van der Waals surface area contributed by atoms with Crippen LogP contribution >= 0.6 is 11.3 Å². The average Bonchev–Trinajstić information content (AvgIpc) is 2.86. The largest absolute Gasteiger partial charge is 0.384 e. The lowest BCUT2D eigenvalue weighted by Gasteiger charge is -2.00. The Morgan fingerprint density at radius 1 is 1.56 bits per heavy atom. The van der Waals surface area contributed by atoms with E-state index in [4.69, 9.17) is 5.11 Å². The van der Waals surface area contributed by atoms with Crippen LogP contribution in [0.1, 0.15) is 15.2 Å². The van der Waals surface area contributed by atoms with Gasteiger partial charge in [-0.25, -0.2) is 0 Å². The molecule has 0 aliphatic carbocycles. The first kappa shape index (κ1) is 12.2.